The van der Waals surface area contributed by atoms with Gasteiger partial charge in [-0.2, -0.15) is 13.2 Å². The van der Waals surface area contributed by atoms with Gasteiger partial charge < -0.3 is 11.1 Å². The molecule has 3 nitrogen and oxygen atoms in total. The smallest absolute Gasteiger partial charge is 0.399 e. The Morgan fingerprint density at radius 2 is 2.14 bits per heavy atom. The minimum absolute atomic E-state index is 0. The molecule has 0 saturated heterocycles. The first-order chi connectivity index (χ1) is 9.35. The Hall–Kier alpha value is -1.08. The number of thioether (sulfide) groups is 1. The summed E-state index contributed by atoms with van der Waals surface area (Å²) in [7, 11) is 0. The second-order valence-electron chi connectivity index (χ2n) is 4.70. The number of amides is 1. The molecule has 0 fully saturated rings. The predicted octanol–water partition coefficient (Wildman–Crippen LogP) is 3.44. The number of anilines is 1. The first-order valence-electron chi connectivity index (χ1n) is 6.23. The molecular weight excluding hydrogens is 325 g/mol. The Bertz CT molecular complexity index is 511. The van der Waals surface area contributed by atoms with Gasteiger partial charge in [0.25, 0.3) is 0 Å². The minimum Gasteiger partial charge on any atom is -0.399 e. The van der Waals surface area contributed by atoms with Gasteiger partial charge in [0.15, 0.2) is 0 Å². The fourth-order valence-electron chi connectivity index (χ4n) is 2.37. The predicted molar refractivity (Wildman–Crippen MR) is 80.4 cm³/mol. The molecular formula is C13H16ClF3N2OS. The second kappa shape index (κ2) is 7.26. The maximum Gasteiger partial charge on any atom is 0.442 e. The van der Waals surface area contributed by atoms with E-state index in [0.717, 1.165) is 30.4 Å². The normalized spacial score (nSPS) is 17.6. The summed E-state index contributed by atoms with van der Waals surface area (Å²) in [6.45, 7) is 0. The molecule has 118 valence electrons. The summed E-state index contributed by atoms with van der Waals surface area (Å²) in [4.78, 5) is 11.6. The van der Waals surface area contributed by atoms with E-state index in [1.807, 2.05) is 12.1 Å². The van der Waals surface area contributed by atoms with E-state index in [4.69, 9.17) is 5.73 Å². The molecule has 0 heterocycles. The number of nitrogens with one attached hydrogen (secondary N) is 1. The first-order valence-corrected chi connectivity index (χ1v) is 7.22. The number of rotatable bonds is 3. The fourth-order valence-corrected chi connectivity index (χ4v) is 2.75. The fraction of sp³-hybridized carbons (Fsp3) is 0.462. The summed E-state index contributed by atoms with van der Waals surface area (Å²) in [6.07, 6.45) is 2.50. The van der Waals surface area contributed by atoms with E-state index in [-0.39, 0.29) is 30.2 Å². The molecule has 0 aromatic heterocycles. The molecule has 0 aliphatic heterocycles. The van der Waals surface area contributed by atoms with Crippen LogP contribution in [0.3, 0.4) is 0 Å². The number of nitrogens with two attached hydrogens (primary N) is 1. The number of alkyl halides is 3. The molecule has 1 aromatic carbocycles. The van der Waals surface area contributed by atoms with Crippen molar-refractivity contribution in [1.29, 1.82) is 0 Å². The lowest BCUT2D eigenvalue weighted by atomic mass is 9.87. The molecule has 8 heteroatoms. The van der Waals surface area contributed by atoms with Crippen LogP contribution in [0.25, 0.3) is 0 Å². The van der Waals surface area contributed by atoms with Crippen LogP contribution in [-0.2, 0) is 11.2 Å². The highest BCUT2D eigenvalue weighted by molar-refractivity contribution is 8.00. The van der Waals surface area contributed by atoms with Crippen molar-refractivity contribution in [2.45, 2.75) is 30.8 Å². The van der Waals surface area contributed by atoms with E-state index in [9.17, 15) is 18.0 Å². The molecule has 3 N–H and O–H groups in total. The van der Waals surface area contributed by atoms with Crippen molar-refractivity contribution in [1.82, 2.24) is 5.32 Å². The zero-order valence-electron chi connectivity index (χ0n) is 11.1. The Kier molecular flexibility index (Phi) is 6.22. The molecule has 0 spiro atoms. The van der Waals surface area contributed by atoms with E-state index in [1.165, 1.54) is 0 Å². The zero-order chi connectivity index (χ0) is 14.8. The molecule has 1 aliphatic carbocycles. The van der Waals surface area contributed by atoms with Gasteiger partial charge in [0, 0.05) is 5.69 Å². The Morgan fingerprint density at radius 1 is 1.43 bits per heavy atom. The molecule has 1 aromatic rings. The van der Waals surface area contributed by atoms with Crippen molar-refractivity contribution in [3.8, 4) is 0 Å². The topological polar surface area (TPSA) is 55.1 Å². The summed E-state index contributed by atoms with van der Waals surface area (Å²) in [6, 6.07) is 5.22. The van der Waals surface area contributed by atoms with Gasteiger partial charge in [-0.25, -0.2) is 0 Å². The number of nitrogen functional groups attached to an aromatic ring is 1. The van der Waals surface area contributed by atoms with Gasteiger partial charge in [0.2, 0.25) is 5.91 Å². The second-order valence-corrected chi connectivity index (χ2v) is 5.75. The third-order valence-corrected chi connectivity index (χ3v) is 3.92. The number of halogens is 4. The van der Waals surface area contributed by atoms with Crippen molar-refractivity contribution in [2.24, 2.45) is 0 Å². The molecule has 0 saturated carbocycles. The zero-order valence-corrected chi connectivity index (χ0v) is 12.7. The van der Waals surface area contributed by atoms with Gasteiger partial charge in [-0.1, -0.05) is 6.07 Å². The third-order valence-electron chi connectivity index (χ3n) is 3.18. The average Bonchev–Trinajstić information content (AvgIpc) is 2.35. The first kappa shape index (κ1) is 18.0. The molecule has 1 amide bonds. The maximum atomic E-state index is 12.0. The molecule has 0 bridgehead atoms. The highest BCUT2D eigenvalue weighted by Crippen LogP contribution is 2.32. The van der Waals surface area contributed by atoms with Crippen molar-refractivity contribution < 1.29 is 18.0 Å². The summed E-state index contributed by atoms with van der Waals surface area (Å²) >= 11 is -0.318. The lowest BCUT2D eigenvalue weighted by molar-refractivity contribution is -0.119. The molecule has 1 aliphatic rings. The van der Waals surface area contributed by atoms with Crippen LogP contribution in [-0.4, -0.2) is 17.2 Å². The minimum atomic E-state index is -4.38. The van der Waals surface area contributed by atoms with E-state index in [1.54, 1.807) is 6.07 Å². The van der Waals surface area contributed by atoms with Crippen LogP contribution in [0, 0.1) is 0 Å². The summed E-state index contributed by atoms with van der Waals surface area (Å²) < 4.78 is 36.1. The summed E-state index contributed by atoms with van der Waals surface area (Å²) in [5.74, 6) is -1.20. The molecule has 2 rings (SSSR count). The van der Waals surface area contributed by atoms with Gasteiger partial charge in [-0.05, 0) is 54.3 Å². The summed E-state index contributed by atoms with van der Waals surface area (Å²) in [5, 5.41) is 2.67. The van der Waals surface area contributed by atoms with E-state index < -0.39 is 17.2 Å². The number of fused-ring (bicyclic) bond motifs is 1. The van der Waals surface area contributed by atoms with E-state index in [2.05, 4.69) is 5.32 Å². The summed E-state index contributed by atoms with van der Waals surface area (Å²) in [5.41, 5.74) is 4.00. The van der Waals surface area contributed by atoms with Gasteiger partial charge in [-0.3, -0.25) is 4.79 Å². The van der Waals surface area contributed by atoms with Gasteiger partial charge in [-0.15, -0.1) is 12.4 Å². The highest BCUT2D eigenvalue weighted by atomic mass is 35.5. The van der Waals surface area contributed by atoms with Crippen LogP contribution in [0.1, 0.15) is 30.0 Å². The molecule has 1 unspecified atom stereocenters. The molecule has 1 atom stereocenters. The van der Waals surface area contributed by atoms with Crippen molar-refractivity contribution in [2.75, 3.05) is 11.5 Å². The highest BCUT2D eigenvalue weighted by Gasteiger charge is 2.30. The van der Waals surface area contributed by atoms with Crippen molar-refractivity contribution >= 4 is 35.8 Å². The van der Waals surface area contributed by atoms with Gasteiger partial charge in [0.05, 0.1) is 11.8 Å². The van der Waals surface area contributed by atoms with Crippen molar-refractivity contribution in [3.05, 3.63) is 29.3 Å². The number of benzene rings is 1. The monoisotopic (exact) mass is 340 g/mol. The largest absolute Gasteiger partial charge is 0.442 e. The van der Waals surface area contributed by atoms with Crippen LogP contribution < -0.4 is 11.1 Å². The maximum absolute atomic E-state index is 12.0. The number of aryl methyl sites for hydroxylation is 1. The standard InChI is InChI=1S/C13H15F3N2OS.ClH/c14-13(15,16)20-7-12(19)18-11-3-1-2-8-6-9(17)4-5-10(8)11;/h4-6,11H,1-3,7,17H2,(H,18,19);1H. The van der Waals surface area contributed by atoms with E-state index >= 15 is 0 Å². The SMILES string of the molecule is Cl.Nc1ccc2c(c1)CCCC2NC(=O)CSC(F)(F)F. The van der Waals surface area contributed by atoms with Crippen LogP contribution in [0.5, 0.6) is 0 Å². The van der Waals surface area contributed by atoms with Crippen LogP contribution in [0.2, 0.25) is 0 Å². The average molecular weight is 341 g/mol. The Labute approximate surface area is 131 Å². The molecule has 21 heavy (non-hydrogen) atoms. The number of carbonyl (C=O) groups is 1. The lowest BCUT2D eigenvalue weighted by Gasteiger charge is -2.26. The van der Waals surface area contributed by atoms with Crippen LogP contribution >= 0.6 is 24.2 Å². The van der Waals surface area contributed by atoms with E-state index in [0.29, 0.717) is 5.69 Å². The molecule has 0 radical (unpaired) electrons. The number of hydrogen-bond donors (Lipinski definition) is 2. The number of hydrogen-bond acceptors (Lipinski definition) is 3. The third kappa shape index (κ3) is 5.32. The van der Waals surface area contributed by atoms with Gasteiger partial charge in [0.1, 0.15) is 0 Å². The van der Waals surface area contributed by atoms with Gasteiger partial charge >= 0.3 is 5.51 Å². The van der Waals surface area contributed by atoms with Crippen molar-refractivity contribution in [3.63, 3.8) is 0 Å². The van der Waals surface area contributed by atoms with Crippen LogP contribution in [0.4, 0.5) is 18.9 Å². The number of carbonyl (C=O) groups excluding carboxylic acids is 1. The van der Waals surface area contributed by atoms with Crippen LogP contribution in [0.15, 0.2) is 18.2 Å². The Morgan fingerprint density at radius 3 is 2.81 bits per heavy atom. The lowest BCUT2D eigenvalue weighted by Crippen LogP contribution is -2.32. The Balaban J connectivity index is 0.00000220. The quantitative estimate of drug-likeness (QED) is 0.829.